The fraction of sp³-hybridized carbons (Fsp3) is 0.273. The summed E-state index contributed by atoms with van der Waals surface area (Å²) in [6.07, 6.45) is 3.30. The van der Waals surface area contributed by atoms with Crippen LogP contribution in [0.1, 0.15) is 11.7 Å². The average molecular weight is 194 g/mol. The molecule has 1 nitrogen and oxygen atoms in total. The summed E-state index contributed by atoms with van der Waals surface area (Å²) >= 11 is 1.60. The maximum atomic E-state index is 9.89. The molecule has 2 heteroatoms. The van der Waals surface area contributed by atoms with E-state index in [2.05, 4.69) is 6.58 Å². The lowest BCUT2D eigenvalue weighted by molar-refractivity contribution is 0.187. The lowest BCUT2D eigenvalue weighted by Crippen LogP contribution is -2.11. The molecule has 13 heavy (non-hydrogen) atoms. The molecule has 0 saturated carbocycles. The molecule has 0 aliphatic rings. The summed E-state index contributed by atoms with van der Waals surface area (Å²) in [5.74, 6) is 0. The number of hydrogen-bond acceptors (Lipinski definition) is 2. The fourth-order valence-corrected chi connectivity index (χ4v) is 1.80. The van der Waals surface area contributed by atoms with Gasteiger partial charge < -0.3 is 5.11 Å². The summed E-state index contributed by atoms with van der Waals surface area (Å²) in [6, 6.07) is 9.66. The van der Waals surface area contributed by atoms with Gasteiger partial charge in [-0.3, -0.25) is 0 Å². The van der Waals surface area contributed by atoms with Crippen molar-refractivity contribution in [3.63, 3.8) is 0 Å². The lowest BCUT2D eigenvalue weighted by atomic mass is 10.1. The van der Waals surface area contributed by atoms with Crippen molar-refractivity contribution < 1.29 is 5.11 Å². The minimum absolute atomic E-state index is 0.0717. The van der Waals surface area contributed by atoms with Crippen LogP contribution in [0.3, 0.4) is 0 Å². The van der Waals surface area contributed by atoms with E-state index in [0.29, 0.717) is 0 Å². The molecule has 0 amide bonds. The molecular formula is C11H14OS. The van der Waals surface area contributed by atoms with Gasteiger partial charge in [0, 0.05) is 0 Å². The van der Waals surface area contributed by atoms with Crippen LogP contribution in [0.15, 0.2) is 43.0 Å². The van der Waals surface area contributed by atoms with E-state index >= 15 is 0 Å². The molecule has 0 spiro atoms. The summed E-state index contributed by atoms with van der Waals surface area (Å²) in [4.78, 5) is 0. The van der Waals surface area contributed by atoms with Crippen LogP contribution in [-0.2, 0) is 0 Å². The van der Waals surface area contributed by atoms with Crippen LogP contribution in [0.5, 0.6) is 0 Å². The number of benzene rings is 1. The summed E-state index contributed by atoms with van der Waals surface area (Å²) in [5, 5.41) is 9.96. The predicted molar refractivity (Wildman–Crippen MR) is 58.9 cm³/mol. The summed E-state index contributed by atoms with van der Waals surface area (Å²) in [7, 11) is 0. The molecule has 2 unspecified atom stereocenters. The molecule has 2 atom stereocenters. The van der Waals surface area contributed by atoms with Crippen molar-refractivity contribution >= 4 is 11.8 Å². The second-order valence-corrected chi connectivity index (χ2v) is 3.81. The van der Waals surface area contributed by atoms with Crippen molar-refractivity contribution in [3.05, 3.63) is 48.6 Å². The van der Waals surface area contributed by atoms with E-state index in [9.17, 15) is 5.11 Å². The van der Waals surface area contributed by atoms with Crippen LogP contribution in [0.25, 0.3) is 0 Å². The molecule has 0 aliphatic carbocycles. The largest absolute Gasteiger partial charge is 0.387 e. The van der Waals surface area contributed by atoms with Gasteiger partial charge in [-0.1, -0.05) is 36.4 Å². The number of aliphatic hydroxyl groups is 1. The average Bonchev–Trinajstić information content (AvgIpc) is 2.21. The van der Waals surface area contributed by atoms with Crippen molar-refractivity contribution in [1.29, 1.82) is 0 Å². The van der Waals surface area contributed by atoms with Crippen molar-refractivity contribution in [3.8, 4) is 0 Å². The van der Waals surface area contributed by atoms with Gasteiger partial charge in [-0.25, -0.2) is 0 Å². The highest BCUT2D eigenvalue weighted by Crippen LogP contribution is 2.25. The third kappa shape index (κ3) is 2.61. The van der Waals surface area contributed by atoms with Gasteiger partial charge in [0.1, 0.15) is 0 Å². The van der Waals surface area contributed by atoms with Crippen LogP contribution in [0.4, 0.5) is 0 Å². The quantitative estimate of drug-likeness (QED) is 0.744. The summed E-state index contributed by atoms with van der Waals surface area (Å²) in [5.41, 5.74) is 0.946. The van der Waals surface area contributed by atoms with E-state index in [4.69, 9.17) is 0 Å². The molecule has 0 aromatic heterocycles. The highest BCUT2D eigenvalue weighted by Gasteiger charge is 2.15. The van der Waals surface area contributed by atoms with E-state index < -0.39 is 6.10 Å². The van der Waals surface area contributed by atoms with Crippen LogP contribution in [0.2, 0.25) is 0 Å². The number of hydrogen-bond donors (Lipinski definition) is 1. The normalized spacial score (nSPS) is 14.9. The van der Waals surface area contributed by atoms with E-state index in [1.807, 2.05) is 36.6 Å². The van der Waals surface area contributed by atoms with Gasteiger partial charge in [0.15, 0.2) is 0 Å². The van der Waals surface area contributed by atoms with Crippen molar-refractivity contribution in [2.45, 2.75) is 11.4 Å². The van der Waals surface area contributed by atoms with E-state index in [-0.39, 0.29) is 5.25 Å². The number of thioether (sulfide) groups is 1. The zero-order valence-electron chi connectivity index (χ0n) is 7.68. The van der Waals surface area contributed by atoms with Gasteiger partial charge in [-0.15, -0.1) is 6.58 Å². The smallest absolute Gasteiger partial charge is 0.0943 e. The van der Waals surface area contributed by atoms with E-state index in [1.54, 1.807) is 17.8 Å². The van der Waals surface area contributed by atoms with Crippen LogP contribution >= 0.6 is 11.8 Å². The second kappa shape index (κ2) is 5.10. The standard InChI is InChI=1S/C11H14OS/c1-3-10(13-2)11(12)9-7-5-4-6-8-9/h3-8,10-12H,1H2,2H3. The Balaban J connectivity index is 2.77. The molecule has 1 N–H and O–H groups in total. The molecule has 1 aromatic carbocycles. The summed E-state index contributed by atoms with van der Waals surface area (Å²) in [6.45, 7) is 3.70. The number of rotatable bonds is 4. The zero-order valence-corrected chi connectivity index (χ0v) is 8.50. The first kappa shape index (κ1) is 10.4. The first-order chi connectivity index (χ1) is 6.29. The van der Waals surface area contributed by atoms with Gasteiger partial charge >= 0.3 is 0 Å². The molecule has 0 bridgehead atoms. The molecule has 0 aliphatic heterocycles. The molecule has 0 radical (unpaired) electrons. The fourth-order valence-electron chi connectivity index (χ4n) is 1.19. The van der Waals surface area contributed by atoms with Gasteiger partial charge in [0.05, 0.1) is 11.4 Å². The molecule has 70 valence electrons. The van der Waals surface area contributed by atoms with Gasteiger partial charge in [0.25, 0.3) is 0 Å². The van der Waals surface area contributed by atoms with E-state index in [1.165, 1.54) is 0 Å². The Bertz CT molecular complexity index is 258. The Labute approximate surface area is 83.5 Å². The molecule has 0 saturated heterocycles. The van der Waals surface area contributed by atoms with Crippen LogP contribution in [0, 0.1) is 0 Å². The van der Waals surface area contributed by atoms with Gasteiger partial charge in [-0.05, 0) is 11.8 Å². The third-order valence-corrected chi connectivity index (χ3v) is 2.95. The van der Waals surface area contributed by atoms with Crippen molar-refractivity contribution in [2.75, 3.05) is 6.26 Å². The molecule has 0 fully saturated rings. The van der Waals surface area contributed by atoms with Gasteiger partial charge in [-0.2, -0.15) is 11.8 Å². The maximum Gasteiger partial charge on any atom is 0.0943 e. The van der Waals surface area contributed by atoms with Crippen molar-refractivity contribution in [1.82, 2.24) is 0 Å². The molecule has 1 rings (SSSR count). The SMILES string of the molecule is C=CC(SC)C(O)c1ccccc1. The zero-order chi connectivity index (χ0) is 9.68. The topological polar surface area (TPSA) is 20.2 Å². The van der Waals surface area contributed by atoms with E-state index in [0.717, 1.165) is 5.56 Å². The Morgan fingerprint density at radius 2 is 2.00 bits per heavy atom. The van der Waals surface area contributed by atoms with Crippen LogP contribution < -0.4 is 0 Å². The first-order valence-electron chi connectivity index (χ1n) is 4.18. The molecular weight excluding hydrogens is 180 g/mol. The minimum Gasteiger partial charge on any atom is -0.387 e. The summed E-state index contributed by atoms with van der Waals surface area (Å²) < 4.78 is 0. The highest BCUT2D eigenvalue weighted by atomic mass is 32.2. The maximum absolute atomic E-state index is 9.89. The second-order valence-electron chi connectivity index (χ2n) is 2.79. The monoisotopic (exact) mass is 194 g/mol. The number of aliphatic hydroxyl groups excluding tert-OH is 1. The predicted octanol–water partition coefficient (Wildman–Crippen LogP) is 2.64. The van der Waals surface area contributed by atoms with Crippen molar-refractivity contribution in [2.24, 2.45) is 0 Å². The first-order valence-corrected chi connectivity index (χ1v) is 5.46. The Morgan fingerprint density at radius 3 is 2.46 bits per heavy atom. The minimum atomic E-state index is -0.450. The van der Waals surface area contributed by atoms with Gasteiger partial charge in [0.2, 0.25) is 0 Å². The Kier molecular flexibility index (Phi) is 4.06. The van der Waals surface area contributed by atoms with Crippen LogP contribution in [-0.4, -0.2) is 16.6 Å². The Hall–Kier alpha value is -0.730. The molecule has 1 aromatic rings. The molecule has 0 heterocycles. The Morgan fingerprint density at radius 1 is 1.38 bits per heavy atom. The third-order valence-electron chi connectivity index (χ3n) is 1.96. The lowest BCUT2D eigenvalue weighted by Gasteiger charge is -2.17. The highest BCUT2D eigenvalue weighted by molar-refractivity contribution is 7.99.